The summed E-state index contributed by atoms with van der Waals surface area (Å²) in [4.78, 5) is 11.4. The number of aromatic nitrogens is 3. The molecular formula is C10H11N3. The largest absolute Gasteiger partial charge is 0.348 e. The van der Waals surface area contributed by atoms with Crippen molar-refractivity contribution in [1.29, 1.82) is 0 Å². The van der Waals surface area contributed by atoms with Crippen LogP contribution in [0.3, 0.4) is 0 Å². The van der Waals surface area contributed by atoms with Crippen LogP contribution in [0.5, 0.6) is 0 Å². The second kappa shape index (κ2) is 3.39. The van der Waals surface area contributed by atoms with Crippen LogP contribution in [0.15, 0.2) is 30.9 Å². The van der Waals surface area contributed by atoms with Crippen molar-refractivity contribution >= 4 is 0 Å². The molecule has 0 unspecified atom stereocenters. The normalized spacial score (nSPS) is 10.2. The van der Waals surface area contributed by atoms with Crippen molar-refractivity contribution in [1.82, 2.24) is 15.0 Å². The number of hydrogen-bond acceptors (Lipinski definition) is 2. The highest BCUT2D eigenvalue weighted by molar-refractivity contribution is 5.60. The van der Waals surface area contributed by atoms with E-state index >= 15 is 0 Å². The third-order valence-corrected chi connectivity index (χ3v) is 2.03. The number of aromatic amines is 1. The van der Waals surface area contributed by atoms with Crippen LogP contribution in [0.1, 0.15) is 12.6 Å². The van der Waals surface area contributed by atoms with Gasteiger partial charge in [0.25, 0.3) is 0 Å². The lowest BCUT2D eigenvalue weighted by Gasteiger charge is -1.98. The van der Waals surface area contributed by atoms with Crippen LogP contribution >= 0.6 is 0 Å². The monoisotopic (exact) mass is 173 g/mol. The number of hydrogen-bond donors (Lipinski definition) is 1. The van der Waals surface area contributed by atoms with Gasteiger partial charge in [-0.05, 0) is 18.6 Å². The minimum absolute atomic E-state index is 0.970. The molecule has 13 heavy (non-hydrogen) atoms. The van der Waals surface area contributed by atoms with Crippen molar-refractivity contribution < 1.29 is 0 Å². The van der Waals surface area contributed by atoms with E-state index in [2.05, 4.69) is 21.9 Å². The van der Waals surface area contributed by atoms with E-state index in [-0.39, 0.29) is 0 Å². The van der Waals surface area contributed by atoms with Gasteiger partial charge in [-0.15, -0.1) is 0 Å². The molecule has 66 valence electrons. The molecule has 2 rings (SSSR count). The number of H-pyrrole nitrogens is 1. The van der Waals surface area contributed by atoms with E-state index in [9.17, 15) is 0 Å². The van der Waals surface area contributed by atoms with Crippen LogP contribution in [0, 0.1) is 0 Å². The van der Waals surface area contributed by atoms with Crippen LogP contribution in [-0.4, -0.2) is 15.0 Å². The average molecular weight is 173 g/mol. The smallest absolute Gasteiger partial charge is 0.0929 e. The summed E-state index contributed by atoms with van der Waals surface area (Å²) < 4.78 is 0. The number of rotatable bonds is 2. The zero-order chi connectivity index (χ0) is 9.10. The Morgan fingerprint density at radius 2 is 2.08 bits per heavy atom. The molecule has 1 N–H and O–H groups in total. The van der Waals surface area contributed by atoms with Crippen molar-refractivity contribution in [2.24, 2.45) is 0 Å². The van der Waals surface area contributed by atoms with E-state index in [1.54, 1.807) is 18.7 Å². The van der Waals surface area contributed by atoms with Gasteiger partial charge in [0.1, 0.15) is 0 Å². The molecule has 0 amide bonds. The predicted molar refractivity (Wildman–Crippen MR) is 51.2 cm³/mol. The first kappa shape index (κ1) is 7.98. The van der Waals surface area contributed by atoms with E-state index in [1.807, 2.05) is 12.1 Å². The molecule has 0 aliphatic carbocycles. The number of nitrogens with one attached hydrogen (secondary N) is 1. The lowest BCUT2D eigenvalue weighted by Crippen LogP contribution is -1.85. The van der Waals surface area contributed by atoms with Gasteiger partial charge in [0.2, 0.25) is 0 Å². The molecule has 3 nitrogen and oxygen atoms in total. The summed E-state index contributed by atoms with van der Waals surface area (Å²) >= 11 is 0. The van der Waals surface area contributed by atoms with Gasteiger partial charge in [0, 0.05) is 23.7 Å². The number of imidazole rings is 1. The van der Waals surface area contributed by atoms with Gasteiger partial charge >= 0.3 is 0 Å². The first-order chi connectivity index (χ1) is 6.42. The van der Waals surface area contributed by atoms with Crippen LogP contribution in [0.2, 0.25) is 0 Å². The molecule has 2 aromatic rings. The van der Waals surface area contributed by atoms with E-state index in [4.69, 9.17) is 0 Å². The van der Waals surface area contributed by atoms with Gasteiger partial charge < -0.3 is 4.98 Å². The van der Waals surface area contributed by atoms with Gasteiger partial charge in [-0.3, -0.25) is 4.98 Å². The predicted octanol–water partition coefficient (Wildman–Crippen LogP) is 2.03. The fourth-order valence-electron chi connectivity index (χ4n) is 1.35. The third-order valence-electron chi connectivity index (χ3n) is 2.03. The van der Waals surface area contributed by atoms with Gasteiger partial charge in [-0.2, -0.15) is 0 Å². The highest BCUT2D eigenvalue weighted by atomic mass is 14.9. The molecule has 0 fully saturated rings. The molecule has 0 aliphatic heterocycles. The number of pyridine rings is 1. The van der Waals surface area contributed by atoms with Crippen LogP contribution in [-0.2, 0) is 6.42 Å². The summed E-state index contributed by atoms with van der Waals surface area (Å²) in [6, 6.07) is 3.94. The Hall–Kier alpha value is -1.64. The van der Waals surface area contributed by atoms with E-state index in [0.29, 0.717) is 0 Å². The molecule has 0 bridgehead atoms. The van der Waals surface area contributed by atoms with Gasteiger partial charge in [-0.25, -0.2) is 4.98 Å². The van der Waals surface area contributed by atoms with Crippen molar-refractivity contribution in [3.8, 4) is 11.3 Å². The summed E-state index contributed by atoms with van der Waals surface area (Å²) in [5, 5.41) is 0. The lowest BCUT2D eigenvalue weighted by molar-refractivity contribution is 1.07. The quantitative estimate of drug-likeness (QED) is 0.755. The fraction of sp³-hybridized carbons (Fsp3) is 0.200. The number of aryl methyl sites for hydroxylation is 1. The van der Waals surface area contributed by atoms with E-state index in [1.165, 1.54) is 5.69 Å². The Morgan fingerprint density at radius 1 is 1.31 bits per heavy atom. The van der Waals surface area contributed by atoms with Crippen LogP contribution in [0.4, 0.5) is 0 Å². The maximum atomic E-state index is 4.27. The van der Waals surface area contributed by atoms with Crippen molar-refractivity contribution in [2.75, 3.05) is 0 Å². The fourth-order valence-corrected chi connectivity index (χ4v) is 1.35. The summed E-state index contributed by atoms with van der Waals surface area (Å²) in [6.45, 7) is 2.11. The topological polar surface area (TPSA) is 41.6 Å². The SMILES string of the molecule is CCc1[nH]cnc1-c1ccncc1. The molecule has 0 aromatic carbocycles. The molecule has 0 atom stereocenters. The molecule has 0 saturated heterocycles. The summed E-state index contributed by atoms with van der Waals surface area (Å²) in [5.74, 6) is 0. The van der Waals surface area contributed by atoms with Gasteiger partial charge in [-0.1, -0.05) is 6.92 Å². The summed E-state index contributed by atoms with van der Waals surface area (Å²) in [5.41, 5.74) is 3.32. The Balaban J connectivity index is 2.47. The molecular weight excluding hydrogens is 162 g/mol. The standard InChI is InChI=1S/C10H11N3/c1-2-9-10(13-7-12-9)8-3-5-11-6-4-8/h3-7H,2H2,1H3,(H,12,13). The molecule has 0 aliphatic rings. The van der Waals surface area contributed by atoms with E-state index in [0.717, 1.165) is 17.7 Å². The molecule has 0 spiro atoms. The van der Waals surface area contributed by atoms with E-state index < -0.39 is 0 Å². The van der Waals surface area contributed by atoms with Gasteiger partial charge in [0.05, 0.1) is 12.0 Å². The first-order valence-electron chi connectivity index (χ1n) is 4.34. The van der Waals surface area contributed by atoms with Gasteiger partial charge in [0.15, 0.2) is 0 Å². The zero-order valence-corrected chi connectivity index (χ0v) is 7.49. The first-order valence-corrected chi connectivity index (χ1v) is 4.34. The average Bonchev–Trinajstić information content (AvgIpc) is 2.67. The molecule has 2 aromatic heterocycles. The second-order valence-electron chi connectivity index (χ2n) is 2.82. The summed E-state index contributed by atoms with van der Waals surface area (Å²) in [6.07, 6.45) is 6.26. The highest BCUT2D eigenvalue weighted by Gasteiger charge is 2.04. The Morgan fingerprint density at radius 3 is 2.77 bits per heavy atom. The minimum atomic E-state index is 0.970. The van der Waals surface area contributed by atoms with Crippen LogP contribution < -0.4 is 0 Å². The lowest BCUT2D eigenvalue weighted by atomic mass is 10.1. The number of nitrogens with zero attached hydrogens (tertiary/aromatic N) is 2. The Bertz CT molecular complexity index is 378. The second-order valence-corrected chi connectivity index (χ2v) is 2.82. The van der Waals surface area contributed by atoms with Crippen molar-refractivity contribution in [3.63, 3.8) is 0 Å². The van der Waals surface area contributed by atoms with Crippen molar-refractivity contribution in [3.05, 3.63) is 36.5 Å². The zero-order valence-electron chi connectivity index (χ0n) is 7.49. The van der Waals surface area contributed by atoms with Crippen molar-refractivity contribution in [2.45, 2.75) is 13.3 Å². The maximum Gasteiger partial charge on any atom is 0.0929 e. The Labute approximate surface area is 76.9 Å². The molecule has 0 radical (unpaired) electrons. The van der Waals surface area contributed by atoms with Crippen LogP contribution in [0.25, 0.3) is 11.3 Å². The minimum Gasteiger partial charge on any atom is -0.348 e. The third kappa shape index (κ3) is 1.45. The summed E-state index contributed by atoms with van der Waals surface area (Å²) in [7, 11) is 0. The molecule has 3 heteroatoms. The molecule has 0 saturated carbocycles. The Kier molecular flexibility index (Phi) is 2.08. The highest BCUT2D eigenvalue weighted by Crippen LogP contribution is 2.18. The molecule has 2 heterocycles. The maximum absolute atomic E-state index is 4.27.